The standard InChI is InChI=1S/C15H14Cl2N2O2S/c16-11-6-2-8-13(14(11)17)22(20,21)19-12-7-1-4-10-5-3-9-18-15(10)12/h1-2,4,6-8,18-19H,3,5,9H2. The zero-order valence-electron chi connectivity index (χ0n) is 11.6. The number of sulfonamides is 1. The number of benzene rings is 2. The fraction of sp³-hybridized carbons (Fsp3) is 0.200. The first-order valence-corrected chi connectivity index (χ1v) is 9.05. The van der Waals surface area contributed by atoms with E-state index in [1.54, 1.807) is 18.2 Å². The van der Waals surface area contributed by atoms with Crippen LogP contribution in [0.4, 0.5) is 11.4 Å². The number of halogens is 2. The Morgan fingerprint density at radius 2 is 1.86 bits per heavy atom. The highest BCUT2D eigenvalue weighted by atomic mass is 35.5. The summed E-state index contributed by atoms with van der Waals surface area (Å²) in [5, 5.41) is 3.47. The smallest absolute Gasteiger partial charge is 0.263 e. The lowest BCUT2D eigenvalue weighted by molar-refractivity contribution is 0.601. The van der Waals surface area contributed by atoms with E-state index in [-0.39, 0.29) is 14.9 Å². The number of rotatable bonds is 3. The third-order valence-corrected chi connectivity index (χ3v) is 5.86. The van der Waals surface area contributed by atoms with Gasteiger partial charge in [0.1, 0.15) is 4.90 Å². The van der Waals surface area contributed by atoms with Crippen molar-refractivity contribution in [3.8, 4) is 0 Å². The van der Waals surface area contributed by atoms with E-state index in [1.807, 2.05) is 12.1 Å². The number of para-hydroxylation sites is 1. The fourth-order valence-electron chi connectivity index (χ4n) is 2.49. The predicted molar refractivity (Wildman–Crippen MR) is 90.5 cm³/mol. The average molecular weight is 357 g/mol. The highest BCUT2D eigenvalue weighted by molar-refractivity contribution is 7.92. The van der Waals surface area contributed by atoms with E-state index in [0.717, 1.165) is 30.6 Å². The minimum Gasteiger partial charge on any atom is -0.383 e. The highest BCUT2D eigenvalue weighted by Crippen LogP contribution is 2.34. The second-order valence-electron chi connectivity index (χ2n) is 5.03. The molecule has 0 aliphatic carbocycles. The van der Waals surface area contributed by atoms with Crippen molar-refractivity contribution in [1.29, 1.82) is 0 Å². The van der Waals surface area contributed by atoms with Gasteiger partial charge in [0.05, 0.1) is 21.4 Å². The zero-order valence-corrected chi connectivity index (χ0v) is 13.9. The molecule has 22 heavy (non-hydrogen) atoms. The lowest BCUT2D eigenvalue weighted by Crippen LogP contribution is -2.18. The Hall–Kier alpha value is -1.43. The number of fused-ring (bicyclic) bond motifs is 1. The molecular weight excluding hydrogens is 343 g/mol. The van der Waals surface area contributed by atoms with E-state index in [1.165, 1.54) is 6.07 Å². The van der Waals surface area contributed by atoms with E-state index in [9.17, 15) is 8.42 Å². The highest BCUT2D eigenvalue weighted by Gasteiger charge is 2.22. The molecule has 0 spiro atoms. The summed E-state index contributed by atoms with van der Waals surface area (Å²) in [5.74, 6) is 0. The Morgan fingerprint density at radius 1 is 1.09 bits per heavy atom. The van der Waals surface area contributed by atoms with Crippen molar-refractivity contribution < 1.29 is 8.42 Å². The lowest BCUT2D eigenvalue weighted by Gasteiger charge is -2.22. The molecule has 0 atom stereocenters. The van der Waals surface area contributed by atoms with Crippen LogP contribution in [-0.2, 0) is 16.4 Å². The SMILES string of the molecule is O=S(=O)(Nc1cccc2c1NCCC2)c1cccc(Cl)c1Cl. The predicted octanol–water partition coefficient (Wildman–Crippen LogP) is 4.15. The van der Waals surface area contributed by atoms with Crippen LogP contribution in [0.2, 0.25) is 10.0 Å². The van der Waals surface area contributed by atoms with Crippen LogP contribution in [0.5, 0.6) is 0 Å². The van der Waals surface area contributed by atoms with Crippen molar-refractivity contribution in [2.24, 2.45) is 0 Å². The summed E-state index contributed by atoms with van der Waals surface area (Å²) in [7, 11) is -3.81. The quantitative estimate of drug-likeness (QED) is 0.868. The molecule has 1 heterocycles. The molecule has 0 fully saturated rings. The molecule has 7 heteroatoms. The van der Waals surface area contributed by atoms with E-state index < -0.39 is 10.0 Å². The molecule has 2 N–H and O–H groups in total. The first-order chi connectivity index (χ1) is 10.5. The van der Waals surface area contributed by atoms with Crippen molar-refractivity contribution >= 4 is 44.6 Å². The third kappa shape index (κ3) is 2.89. The van der Waals surface area contributed by atoms with Gasteiger partial charge in [0.2, 0.25) is 0 Å². The lowest BCUT2D eigenvalue weighted by atomic mass is 10.0. The van der Waals surface area contributed by atoms with Crippen LogP contribution in [0.25, 0.3) is 0 Å². The van der Waals surface area contributed by atoms with Gasteiger partial charge in [0.25, 0.3) is 10.0 Å². The number of hydrogen-bond donors (Lipinski definition) is 2. The molecule has 4 nitrogen and oxygen atoms in total. The van der Waals surface area contributed by atoms with Gasteiger partial charge in [-0.2, -0.15) is 0 Å². The van der Waals surface area contributed by atoms with E-state index in [0.29, 0.717) is 5.69 Å². The van der Waals surface area contributed by atoms with Crippen LogP contribution >= 0.6 is 23.2 Å². The van der Waals surface area contributed by atoms with Crippen LogP contribution in [0.1, 0.15) is 12.0 Å². The Kier molecular flexibility index (Phi) is 4.21. The van der Waals surface area contributed by atoms with Gasteiger partial charge in [0, 0.05) is 6.54 Å². The molecule has 116 valence electrons. The van der Waals surface area contributed by atoms with Gasteiger partial charge in [-0.25, -0.2) is 8.42 Å². The van der Waals surface area contributed by atoms with Crippen LogP contribution in [0.15, 0.2) is 41.3 Å². The van der Waals surface area contributed by atoms with Crippen LogP contribution in [0.3, 0.4) is 0 Å². The summed E-state index contributed by atoms with van der Waals surface area (Å²) >= 11 is 11.9. The number of anilines is 2. The zero-order chi connectivity index (χ0) is 15.7. The van der Waals surface area contributed by atoms with Crippen LogP contribution in [-0.4, -0.2) is 15.0 Å². The maximum Gasteiger partial charge on any atom is 0.263 e. The average Bonchev–Trinajstić information content (AvgIpc) is 2.50. The molecule has 0 amide bonds. The molecule has 0 aromatic heterocycles. The molecule has 0 radical (unpaired) electrons. The molecule has 0 bridgehead atoms. The third-order valence-electron chi connectivity index (χ3n) is 3.53. The Labute approximate surface area is 139 Å². The number of nitrogens with one attached hydrogen (secondary N) is 2. The molecule has 0 unspecified atom stereocenters. The molecule has 2 aromatic carbocycles. The van der Waals surface area contributed by atoms with E-state index >= 15 is 0 Å². The largest absolute Gasteiger partial charge is 0.383 e. The topological polar surface area (TPSA) is 58.2 Å². The second-order valence-corrected chi connectivity index (χ2v) is 7.46. The van der Waals surface area contributed by atoms with Crippen molar-refractivity contribution in [1.82, 2.24) is 0 Å². The molecule has 3 rings (SSSR count). The molecule has 0 saturated carbocycles. The Bertz CT molecular complexity index is 822. The maximum atomic E-state index is 12.6. The van der Waals surface area contributed by atoms with Gasteiger partial charge in [-0.05, 0) is 36.6 Å². The molecule has 0 saturated heterocycles. The van der Waals surface area contributed by atoms with Crippen molar-refractivity contribution in [3.05, 3.63) is 52.0 Å². The van der Waals surface area contributed by atoms with Crippen molar-refractivity contribution in [2.75, 3.05) is 16.6 Å². The van der Waals surface area contributed by atoms with Crippen molar-refractivity contribution in [2.45, 2.75) is 17.7 Å². The van der Waals surface area contributed by atoms with Gasteiger partial charge in [-0.1, -0.05) is 41.4 Å². The molecule has 1 aliphatic heterocycles. The normalized spacial score (nSPS) is 14.1. The summed E-state index contributed by atoms with van der Waals surface area (Å²) in [6.45, 7) is 0.823. The number of aryl methyl sites for hydroxylation is 1. The summed E-state index contributed by atoms with van der Waals surface area (Å²) < 4.78 is 27.8. The van der Waals surface area contributed by atoms with Crippen LogP contribution in [0, 0.1) is 0 Å². The fourth-order valence-corrected chi connectivity index (χ4v) is 4.32. The monoisotopic (exact) mass is 356 g/mol. The summed E-state index contributed by atoms with van der Waals surface area (Å²) in [6.07, 6.45) is 1.96. The summed E-state index contributed by atoms with van der Waals surface area (Å²) in [6, 6.07) is 10.1. The van der Waals surface area contributed by atoms with Gasteiger partial charge < -0.3 is 5.32 Å². The van der Waals surface area contributed by atoms with Crippen LogP contribution < -0.4 is 10.0 Å². The van der Waals surface area contributed by atoms with E-state index in [2.05, 4.69) is 10.0 Å². The number of hydrogen-bond acceptors (Lipinski definition) is 3. The van der Waals surface area contributed by atoms with Gasteiger partial charge >= 0.3 is 0 Å². The van der Waals surface area contributed by atoms with E-state index in [4.69, 9.17) is 23.2 Å². The molecule has 2 aromatic rings. The Morgan fingerprint density at radius 3 is 2.68 bits per heavy atom. The second kappa shape index (κ2) is 5.99. The van der Waals surface area contributed by atoms with Gasteiger partial charge in [-0.15, -0.1) is 0 Å². The molecular formula is C15H14Cl2N2O2S. The van der Waals surface area contributed by atoms with Gasteiger partial charge in [0.15, 0.2) is 0 Å². The first kappa shape index (κ1) is 15.5. The minimum absolute atomic E-state index is 0.0226. The van der Waals surface area contributed by atoms with Crippen molar-refractivity contribution in [3.63, 3.8) is 0 Å². The maximum absolute atomic E-state index is 12.6. The van der Waals surface area contributed by atoms with Gasteiger partial charge in [-0.3, -0.25) is 4.72 Å². The Balaban J connectivity index is 2.01. The summed E-state index contributed by atoms with van der Waals surface area (Å²) in [5.41, 5.74) is 2.45. The first-order valence-electron chi connectivity index (χ1n) is 6.81. The minimum atomic E-state index is -3.81. The molecule has 1 aliphatic rings. The summed E-state index contributed by atoms with van der Waals surface area (Å²) in [4.78, 5) is -0.0323.